The molecule has 0 spiro atoms. The fraction of sp³-hybridized carbons (Fsp3) is 0.125. The molecule has 0 radical (unpaired) electrons. The van der Waals surface area contributed by atoms with Crippen LogP contribution in [0.1, 0.15) is 0 Å². The van der Waals surface area contributed by atoms with Crippen molar-refractivity contribution in [2.45, 2.75) is 4.90 Å². The zero-order valence-electron chi connectivity index (χ0n) is 8.40. The van der Waals surface area contributed by atoms with Gasteiger partial charge in [0.05, 0.1) is 16.0 Å². The van der Waals surface area contributed by atoms with Crippen LogP contribution in [0.3, 0.4) is 0 Å². The molecule has 0 aliphatic rings. The number of carbonyl (C=O) groups is 1. The predicted octanol–water partition coefficient (Wildman–Crippen LogP) is 5.33. The second kappa shape index (κ2) is 3.97. The highest BCUT2D eigenvalue weighted by Gasteiger charge is 2.65. The van der Waals surface area contributed by atoms with Crippen LogP contribution in [-0.2, 0) is 4.79 Å². The van der Waals surface area contributed by atoms with Gasteiger partial charge in [-0.25, -0.2) is 0 Å². The average Bonchev–Trinajstić information content (AvgIpc) is 2.17. The Hall–Kier alpha value is -0.540. The summed E-state index contributed by atoms with van der Waals surface area (Å²) in [6.45, 7) is 0. The molecule has 0 aliphatic carbocycles. The largest absolute Gasteiger partial charge is 0.324 e. The minimum absolute atomic E-state index is 0.0902. The zero-order valence-corrected chi connectivity index (χ0v) is 11.6. The topological polar surface area (TPSA) is 29.1 Å². The number of amides is 1. The van der Waals surface area contributed by atoms with Crippen molar-refractivity contribution in [1.82, 2.24) is 0 Å². The van der Waals surface area contributed by atoms with Gasteiger partial charge in [0.25, 0.3) is 0 Å². The molecule has 18 heavy (non-hydrogen) atoms. The van der Waals surface area contributed by atoms with Gasteiger partial charge >= 0.3 is 10.2 Å². The van der Waals surface area contributed by atoms with Gasteiger partial charge in [0.15, 0.2) is 0 Å². The lowest BCUT2D eigenvalue weighted by Crippen LogP contribution is -2.13. The monoisotopic (exact) mass is 373 g/mol. The maximum absolute atomic E-state index is 12.4. The second-order valence-electron chi connectivity index (χ2n) is 3.29. The maximum Gasteiger partial charge on any atom is 0.310 e. The van der Waals surface area contributed by atoms with Gasteiger partial charge in [0, 0.05) is 0 Å². The molecular formula is C8H6BrClF5NOS. The van der Waals surface area contributed by atoms with E-state index in [2.05, 4.69) is 21.2 Å². The normalized spacial score (nSPS) is 15.7. The van der Waals surface area contributed by atoms with Crippen molar-refractivity contribution in [2.24, 2.45) is 0 Å². The Morgan fingerprint density at radius 2 is 1.83 bits per heavy atom. The highest BCUT2D eigenvalue weighted by atomic mass is 79.9. The molecule has 1 aromatic carbocycles. The SMILES string of the molecule is O=C(CBr)Nc1ccc(S(F)(F)(F)(F)F)cc1Cl. The van der Waals surface area contributed by atoms with Crippen molar-refractivity contribution in [3.63, 3.8) is 0 Å². The summed E-state index contributed by atoms with van der Waals surface area (Å²) in [7, 11) is -9.75. The van der Waals surface area contributed by atoms with E-state index in [1.165, 1.54) is 0 Å². The Kier molecular flexibility index (Phi) is 3.43. The lowest BCUT2D eigenvalue weighted by atomic mass is 10.3. The number of anilines is 1. The number of nitrogens with one attached hydrogen (secondary N) is 1. The molecule has 0 saturated heterocycles. The number of carbonyl (C=O) groups excluding carboxylic acids is 1. The molecule has 10 heteroatoms. The Balaban J connectivity index is 3.20. The lowest BCUT2D eigenvalue weighted by Gasteiger charge is -2.40. The highest BCUT2D eigenvalue weighted by molar-refractivity contribution is 9.09. The minimum atomic E-state index is -9.75. The molecule has 0 bridgehead atoms. The van der Waals surface area contributed by atoms with Crippen molar-refractivity contribution in [1.29, 1.82) is 0 Å². The number of hydrogen-bond acceptors (Lipinski definition) is 1. The Labute approximate surface area is 112 Å². The van der Waals surface area contributed by atoms with Gasteiger partial charge in [-0.1, -0.05) is 47.0 Å². The summed E-state index contributed by atoms with van der Waals surface area (Å²) in [6.07, 6.45) is 0. The van der Waals surface area contributed by atoms with Crippen LogP contribution in [0.2, 0.25) is 5.02 Å². The average molecular weight is 375 g/mol. The molecule has 0 saturated carbocycles. The summed E-state index contributed by atoms with van der Waals surface area (Å²) in [6, 6.07) is 0.945. The van der Waals surface area contributed by atoms with Crippen molar-refractivity contribution in [3.8, 4) is 0 Å². The van der Waals surface area contributed by atoms with E-state index in [1.807, 2.05) is 0 Å². The van der Waals surface area contributed by atoms with E-state index in [9.17, 15) is 24.2 Å². The highest BCUT2D eigenvalue weighted by Crippen LogP contribution is 3.02. The minimum Gasteiger partial charge on any atom is -0.324 e. The van der Waals surface area contributed by atoms with E-state index in [4.69, 9.17) is 11.6 Å². The Morgan fingerprint density at radius 3 is 2.22 bits per heavy atom. The zero-order chi connectivity index (χ0) is 14.3. The standard InChI is InChI=1S/C8H6BrClF5NOS/c9-4-8(17)16-7-2-1-5(3-6(7)10)18(11,12,13,14)15/h1-3H,4H2,(H,16,17). The summed E-state index contributed by atoms with van der Waals surface area (Å²) in [5, 5.41) is 1.43. The Bertz CT molecular complexity index is 505. The number of benzene rings is 1. The summed E-state index contributed by atoms with van der Waals surface area (Å²) in [5.41, 5.74) is -0.174. The van der Waals surface area contributed by atoms with E-state index in [-0.39, 0.29) is 23.2 Å². The maximum atomic E-state index is 12.4. The molecule has 104 valence electrons. The van der Waals surface area contributed by atoms with Gasteiger partial charge in [-0.3, -0.25) is 4.79 Å². The molecule has 1 aromatic rings. The van der Waals surface area contributed by atoms with Crippen LogP contribution in [0.25, 0.3) is 0 Å². The molecule has 0 atom stereocenters. The van der Waals surface area contributed by atoms with Crippen LogP contribution < -0.4 is 5.32 Å². The third-order valence-electron chi connectivity index (χ3n) is 1.78. The Morgan fingerprint density at radius 1 is 1.28 bits per heavy atom. The first kappa shape index (κ1) is 15.5. The summed E-state index contributed by atoms with van der Waals surface area (Å²) >= 11 is 8.23. The van der Waals surface area contributed by atoms with Gasteiger partial charge in [0.2, 0.25) is 5.91 Å². The van der Waals surface area contributed by atoms with E-state index in [0.29, 0.717) is 6.07 Å². The van der Waals surface area contributed by atoms with E-state index in [0.717, 1.165) is 0 Å². The van der Waals surface area contributed by atoms with Crippen LogP contribution in [-0.4, -0.2) is 11.2 Å². The fourth-order valence-corrected chi connectivity index (χ4v) is 2.12. The van der Waals surface area contributed by atoms with Gasteiger partial charge in [-0.05, 0) is 18.2 Å². The quantitative estimate of drug-likeness (QED) is 0.562. The fourth-order valence-electron chi connectivity index (χ4n) is 1.02. The van der Waals surface area contributed by atoms with Gasteiger partial charge in [-0.2, -0.15) is 0 Å². The lowest BCUT2D eigenvalue weighted by molar-refractivity contribution is -0.113. The molecule has 1 amide bonds. The number of hydrogen-bond donors (Lipinski definition) is 1. The van der Waals surface area contributed by atoms with Gasteiger partial charge in [-0.15, -0.1) is 0 Å². The van der Waals surface area contributed by atoms with Crippen LogP contribution in [0.15, 0.2) is 23.1 Å². The van der Waals surface area contributed by atoms with E-state index >= 15 is 0 Å². The van der Waals surface area contributed by atoms with E-state index in [1.54, 1.807) is 0 Å². The molecule has 1 rings (SSSR count). The van der Waals surface area contributed by atoms with Gasteiger partial charge in [0.1, 0.15) is 4.90 Å². The third-order valence-corrected chi connectivity index (χ3v) is 3.75. The predicted molar refractivity (Wildman–Crippen MR) is 65.3 cm³/mol. The molecule has 0 unspecified atom stereocenters. The van der Waals surface area contributed by atoms with Crippen molar-refractivity contribution < 1.29 is 24.2 Å². The van der Waals surface area contributed by atoms with Crippen LogP contribution in [0.4, 0.5) is 25.1 Å². The van der Waals surface area contributed by atoms with Crippen LogP contribution in [0, 0.1) is 0 Å². The van der Waals surface area contributed by atoms with Crippen molar-refractivity contribution in [2.75, 3.05) is 10.6 Å². The first-order valence-corrected chi connectivity index (χ1v) is 7.68. The molecule has 0 aliphatic heterocycles. The third kappa shape index (κ3) is 3.99. The molecule has 0 aromatic heterocycles. The number of halogens is 7. The second-order valence-corrected chi connectivity index (χ2v) is 6.67. The number of rotatable bonds is 3. The molecule has 2 nitrogen and oxygen atoms in total. The summed E-state index contributed by atoms with van der Waals surface area (Å²) in [4.78, 5) is 8.86. The first-order chi connectivity index (χ1) is 7.83. The summed E-state index contributed by atoms with van der Waals surface area (Å²) < 4.78 is 62.2. The van der Waals surface area contributed by atoms with Crippen molar-refractivity contribution >= 4 is 49.3 Å². The van der Waals surface area contributed by atoms with E-state index < -0.39 is 26.0 Å². The molecule has 0 heterocycles. The smallest absolute Gasteiger partial charge is 0.310 e. The molecule has 1 N–H and O–H groups in total. The van der Waals surface area contributed by atoms with Crippen LogP contribution >= 0.6 is 37.8 Å². The summed E-state index contributed by atoms with van der Waals surface area (Å²) in [5.74, 6) is -0.572. The molecule has 0 fully saturated rings. The first-order valence-electron chi connectivity index (χ1n) is 4.23. The molecular weight excluding hydrogens is 369 g/mol. The van der Waals surface area contributed by atoms with Gasteiger partial charge < -0.3 is 5.32 Å². The number of alkyl halides is 1. The van der Waals surface area contributed by atoms with Crippen molar-refractivity contribution in [3.05, 3.63) is 23.2 Å². The van der Waals surface area contributed by atoms with Crippen LogP contribution in [0.5, 0.6) is 0 Å².